The molecule has 0 spiro atoms. The van der Waals surface area contributed by atoms with Gasteiger partial charge in [-0.2, -0.15) is 0 Å². The standard InChI is InChI=1S/C26H21ClFN3O4/c1-13-23(32)19-10-17(28)9-18(14(2)29-20-7-8-21(27)30-22(20)26(33)34)24(19)35-25(13)31-11-15-5-3-4-6-16(15)12-31/h3-10,14,29H,11-12H2,1-2H3,(H,33,34). The smallest absolute Gasteiger partial charge is 0.356 e. The van der Waals surface area contributed by atoms with Gasteiger partial charge in [0.05, 0.1) is 22.7 Å². The van der Waals surface area contributed by atoms with Crippen LogP contribution < -0.4 is 15.6 Å². The van der Waals surface area contributed by atoms with Crippen molar-refractivity contribution in [2.24, 2.45) is 0 Å². The van der Waals surface area contributed by atoms with Gasteiger partial charge in [-0.25, -0.2) is 14.2 Å². The van der Waals surface area contributed by atoms with Crippen molar-refractivity contribution in [2.75, 3.05) is 10.2 Å². The lowest BCUT2D eigenvalue weighted by Gasteiger charge is -2.22. The van der Waals surface area contributed by atoms with Gasteiger partial charge in [-0.15, -0.1) is 0 Å². The lowest BCUT2D eigenvalue weighted by atomic mass is 10.0. The van der Waals surface area contributed by atoms with Crippen molar-refractivity contribution in [1.82, 2.24) is 4.98 Å². The summed E-state index contributed by atoms with van der Waals surface area (Å²) in [6.45, 7) is 4.58. The van der Waals surface area contributed by atoms with E-state index in [2.05, 4.69) is 10.3 Å². The van der Waals surface area contributed by atoms with Gasteiger partial charge in [-0.05, 0) is 49.2 Å². The van der Waals surface area contributed by atoms with E-state index in [9.17, 15) is 19.1 Å². The van der Waals surface area contributed by atoms with Crippen LogP contribution >= 0.6 is 11.6 Å². The van der Waals surface area contributed by atoms with Gasteiger partial charge < -0.3 is 19.7 Å². The van der Waals surface area contributed by atoms with E-state index in [1.807, 2.05) is 29.2 Å². The summed E-state index contributed by atoms with van der Waals surface area (Å²) in [5, 5.41) is 12.7. The van der Waals surface area contributed by atoms with Gasteiger partial charge in [0.1, 0.15) is 16.6 Å². The topological polar surface area (TPSA) is 95.7 Å². The lowest BCUT2D eigenvalue weighted by molar-refractivity contribution is 0.0691. The predicted molar refractivity (Wildman–Crippen MR) is 132 cm³/mol. The molecule has 0 saturated carbocycles. The van der Waals surface area contributed by atoms with E-state index in [1.54, 1.807) is 13.8 Å². The molecule has 0 amide bonds. The van der Waals surface area contributed by atoms with Crippen LogP contribution in [0.25, 0.3) is 11.0 Å². The SMILES string of the molecule is Cc1c(N2Cc3ccccc3C2)oc2c(C(C)Nc3ccc(Cl)nc3C(=O)O)cc(F)cc2c1=O. The maximum atomic E-state index is 14.6. The van der Waals surface area contributed by atoms with E-state index in [-0.39, 0.29) is 32.9 Å². The minimum absolute atomic E-state index is 0.0366. The van der Waals surface area contributed by atoms with Crippen LogP contribution in [-0.4, -0.2) is 16.1 Å². The highest BCUT2D eigenvalue weighted by molar-refractivity contribution is 6.29. The van der Waals surface area contributed by atoms with Crippen LogP contribution in [0.3, 0.4) is 0 Å². The van der Waals surface area contributed by atoms with E-state index in [4.69, 9.17) is 16.0 Å². The molecule has 35 heavy (non-hydrogen) atoms. The molecule has 5 rings (SSSR count). The van der Waals surface area contributed by atoms with Crippen molar-refractivity contribution in [1.29, 1.82) is 0 Å². The van der Waals surface area contributed by atoms with Crippen molar-refractivity contribution < 1.29 is 18.7 Å². The van der Waals surface area contributed by atoms with Crippen LogP contribution in [0, 0.1) is 12.7 Å². The number of halogens is 2. The number of carbonyl (C=O) groups is 1. The summed E-state index contributed by atoms with van der Waals surface area (Å²) in [7, 11) is 0. The minimum Gasteiger partial charge on any atom is -0.476 e. The summed E-state index contributed by atoms with van der Waals surface area (Å²) in [6.07, 6.45) is 0. The second-order valence-electron chi connectivity index (χ2n) is 8.56. The molecule has 4 aromatic rings. The first kappa shape index (κ1) is 22.9. The number of hydrogen-bond donors (Lipinski definition) is 2. The Morgan fingerprint density at radius 1 is 1.20 bits per heavy atom. The minimum atomic E-state index is -1.26. The molecule has 1 aliphatic heterocycles. The third-order valence-electron chi connectivity index (χ3n) is 6.22. The van der Waals surface area contributed by atoms with E-state index >= 15 is 0 Å². The third kappa shape index (κ3) is 4.10. The molecule has 1 unspecified atom stereocenters. The van der Waals surface area contributed by atoms with Gasteiger partial charge >= 0.3 is 5.97 Å². The molecule has 9 heteroatoms. The Hall–Kier alpha value is -3.91. The first-order chi connectivity index (χ1) is 16.7. The highest BCUT2D eigenvalue weighted by Crippen LogP contribution is 2.35. The molecule has 1 atom stereocenters. The molecular weight excluding hydrogens is 473 g/mol. The number of aromatic nitrogens is 1. The number of carboxylic acids is 1. The zero-order valence-corrected chi connectivity index (χ0v) is 19.7. The zero-order valence-electron chi connectivity index (χ0n) is 18.9. The number of fused-ring (bicyclic) bond motifs is 2. The van der Waals surface area contributed by atoms with Crippen LogP contribution in [0.1, 0.15) is 45.7 Å². The molecule has 0 fully saturated rings. The number of anilines is 2. The fraction of sp³-hybridized carbons (Fsp3) is 0.192. The van der Waals surface area contributed by atoms with Crippen molar-refractivity contribution in [3.05, 3.63) is 97.7 Å². The first-order valence-electron chi connectivity index (χ1n) is 11.0. The molecular formula is C26H21ClFN3O4. The third-order valence-corrected chi connectivity index (χ3v) is 6.43. The fourth-order valence-corrected chi connectivity index (χ4v) is 4.64. The Morgan fingerprint density at radius 3 is 2.54 bits per heavy atom. The summed E-state index contributed by atoms with van der Waals surface area (Å²) in [4.78, 5) is 30.8. The molecule has 0 radical (unpaired) electrons. The molecule has 3 heterocycles. The maximum Gasteiger partial charge on any atom is 0.356 e. The Kier molecular flexibility index (Phi) is 5.68. The van der Waals surface area contributed by atoms with Crippen molar-refractivity contribution >= 4 is 40.1 Å². The quantitative estimate of drug-likeness (QED) is 0.345. The monoisotopic (exact) mass is 493 g/mol. The summed E-state index contributed by atoms with van der Waals surface area (Å²) >= 11 is 5.85. The fourth-order valence-electron chi connectivity index (χ4n) is 4.50. The molecule has 7 nitrogen and oxygen atoms in total. The van der Waals surface area contributed by atoms with E-state index < -0.39 is 17.8 Å². The average molecular weight is 494 g/mol. The van der Waals surface area contributed by atoms with Crippen LogP contribution in [0.2, 0.25) is 5.15 Å². The molecule has 2 aromatic heterocycles. The highest BCUT2D eigenvalue weighted by Gasteiger charge is 2.26. The molecule has 0 bridgehead atoms. The van der Waals surface area contributed by atoms with Gasteiger partial charge in [0.2, 0.25) is 5.88 Å². The highest BCUT2D eigenvalue weighted by atomic mass is 35.5. The van der Waals surface area contributed by atoms with Gasteiger partial charge in [0.15, 0.2) is 11.1 Å². The Bertz CT molecular complexity index is 1530. The van der Waals surface area contributed by atoms with Gasteiger partial charge in [0, 0.05) is 18.7 Å². The van der Waals surface area contributed by atoms with Crippen LogP contribution in [-0.2, 0) is 13.1 Å². The number of rotatable bonds is 5. The van der Waals surface area contributed by atoms with Gasteiger partial charge in [-0.1, -0.05) is 35.9 Å². The van der Waals surface area contributed by atoms with E-state index in [1.165, 1.54) is 24.3 Å². The number of nitrogens with zero attached hydrogens (tertiary/aromatic N) is 2. The summed E-state index contributed by atoms with van der Waals surface area (Å²) in [6, 6.07) is 12.8. The molecule has 1 aliphatic rings. The Labute approximate surface area is 204 Å². The Balaban J connectivity index is 1.60. The number of pyridine rings is 1. The normalized spacial score (nSPS) is 13.7. The number of nitrogens with one attached hydrogen (secondary N) is 1. The van der Waals surface area contributed by atoms with Crippen LogP contribution in [0.5, 0.6) is 0 Å². The van der Waals surface area contributed by atoms with Crippen LogP contribution in [0.15, 0.2) is 57.7 Å². The molecule has 0 aliphatic carbocycles. The van der Waals surface area contributed by atoms with Crippen molar-refractivity contribution in [3.8, 4) is 0 Å². The van der Waals surface area contributed by atoms with Crippen molar-refractivity contribution in [3.63, 3.8) is 0 Å². The number of carboxylic acid groups (broad SMARTS) is 1. The Morgan fingerprint density at radius 2 is 1.89 bits per heavy atom. The second-order valence-corrected chi connectivity index (χ2v) is 8.95. The summed E-state index contributed by atoms with van der Waals surface area (Å²) in [5.41, 5.74) is 2.95. The lowest BCUT2D eigenvalue weighted by Crippen LogP contribution is -2.20. The summed E-state index contributed by atoms with van der Waals surface area (Å²) in [5.74, 6) is -1.43. The number of benzene rings is 2. The number of hydrogen-bond acceptors (Lipinski definition) is 6. The van der Waals surface area contributed by atoms with Crippen LogP contribution in [0.4, 0.5) is 16.0 Å². The number of aromatic carboxylic acids is 1. The molecule has 2 aromatic carbocycles. The maximum absolute atomic E-state index is 14.6. The average Bonchev–Trinajstić information content (AvgIpc) is 3.26. The molecule has 178 valence electrons. The van der Waals surface area contributed by atoms with Gasteiger partial charge in [-0.3, -0.25) is 4.79 Å². The first-order valence-corrected chi connectivity index (χ1v) is 11.4. The summed E-state index contributed by atoms with van der Waals surface area (Å²) < 4.78 is 20.9. The van der Waals surface area contributed by atoms with Gasteiger partial charge in [0.25, 0.3) is 0 Å². The molecule has 0 saturated heterocycles. The largest absolute Gasteiger partial charge is 0.476 e. The second kappa shape index (κ2) is 8.70. The zero-order chi connectivity index (χ0) is 24.9. The predicted octanol–water partition coefficient (Wildman–Crippen LogP) is 5.68. The van der Waals surface area contributed by atoms with E-state index in [0.29, 0.717) is 30.1 Å². The molecule has 2 N–H and O–H groups in total. The van der Waals surface area contributed by atoms with E-state index in [0.717, 1.165) is 11.1 Å². The van der Waals surface area contributed by atoms with Crippen molar-refractivity contribution in [2.45, 2.75) is 33.0 Å².